The Morgan fingerprint density at radius 1 is 1.44 bits per heavy atom. The lowest BCUT2D eigenvalue weighted by atomic mass is 10.2. The Kier molecular flexibility index (Phi) is 4.19. The first-order chi connectivity index (χ1) is 8.60. The van der Waals surface area contributed by atoms with Gasteiger partial charge in [-0.1, -0.05) is 29.8 Å². The first-order valence-corrected chi connectivity index (χ1v) is 6.39. The molecular formula is C12H12Cl2FN3. The lowest BCUT2D eigenvalue weighted by Crippen LogP contribution is -2.01. The molecule has 96 valence electrons. The van der Waals surface area contributed by atoms with Crippen LogP contribution in [0.2, 0.25) is 5.02 Å². The second-order valence-electron chi connectivity index (χ2n) is 3.95. The predicted molar refractivity (Wildman–Crippen MR) is 69.4 cm³/mol. The molecule has 0 amide bonds. The summed E-state index contributed by atoms with van der Waals surface area (Å²) >= 11 is 12.0. The molecule has 1 aromatic heterocycles. The van der Waals surface area contributed by atoms with E-state index in [1.165, 1.54) is 12.1 Å². The molecule has 1 atom stereocenters. The van der Waals surface area contributed by atoms with Gasteiger partial charge in [0.25, 0.3) is 0 Å². The minimum absolute atomic E-state index is 0.137. The largest absolute Gasteiger partial charge is 0.248 e. The molecule has 1 aromatic carbocycles. The third-order valence-corrected chi connectivity index (χ3v) is 3.47. The second-order valence-corrected chi connectivity index (χ2v) is 4.89. The molecule has 1 unspecified atom stereocenters. The number of hydrogen-bond donors (Lipinski definition) is 0. The van der Waals surface area contributed by atoms with Crippen LogP contribution in [0.3, 0.4) is 0 Å². The summed E-state index contributed by atoms with van der Waals surface area (Å²) < 4.78 is 14.5. The molecule has 1 heterocycles. The highest BCUT2D eigenvalue weighted by molar-refractivity contribution is 6.31. The van der Waals surface area contributed by atoms with Crippen molar-refractivity contribution in [3.8, 4) is 0 Å². The summed E-state index contributed by atoms with van der Waals surface area (Å²) in [6, 6.07) is 4.29. The summed E-state index contributed by atoms with van der Waals surface area (Å²) in [6.45, 7) is 2.42. The molecule has 6 heteroatoms. The van der Waals surface area contributed by atoms with Gasteiger partial charge in [-0.15, -0.1) is 16.7 Å². The van der Waals surface area contributed by atoms with Crippen molar-refractivity contribution in [2.24, 2.45) is 0 Å². The first kappa shape index (κ1) is 13.3. The van der Waals surface area contributed by atoms with Crippen molar-refractivity contribution >= 4 is 23.2 Å². The van der Waals surface area contributed by atoms with Gasteiger partial charge in [-0.25, -0.2) is 9.07 Å². The molecule has 2 rings (SSSR count). The Morgan fingerprint density at radius 3 is 2.89 bits per heavy atom. The standard InChI is InChI=1S/C12H12Cl2FN3/c1-2-10(13)12-7-18(17-16-12)6-8-3-4-9(15)5-11(8)14/h3-5,7,10H,2,6H2,1H3. The third-order valence-electron chi connectivity index (χ3n) is 2.58. The van der Waals surface area contributed by atoms with Gasteiger partial charge in [0.1, 0.15) is 11.5 Å². The number of aromatic nitrogens is 3. The molecule has 0 aliphatic rings. The van der Waals surface area contributed by atoms with Gasteiger partial charge < -0.3 is 0 Å². The van der Waals surface area contributed by atoms with Gasteiger partial charge in [-0.3, -0.25) is 0 Å². The Balaban J connectivity index is 2.16. The fourth-order valence-corrected chi connectivity index (χ4v) is 1.89. The predicted octanol–water partition coefficient (Wildman–Crippen LogP) is 3.81. The quantitative estimate of drug-likeness (QED) is 0.801. The van der Waals surface area contributed by atoms with Crippen LogP contribution < -0.4 is 0 Å². The number of alkyl halides is 1. The number of rotatable bonds is 4. The van der Waals surface area contributed by atoms with Crippen molar-refractivity contribution in [2.45, 2.75) is 25.3 Å². The molecule has 0 spiro atoms. The molecule has 0 aliphatic carbocycles. The summed E-state index contributed by atoms with van der Waals surface area (Å²) in [5.74, 6) is -0.352. The number of nitrogens with zero attached hydrogens (tertiary/aromatic N) is 3. The first-order valence-electron chi connectivity index (χ1n) is 5.58. The summed E-state index contributed by atoms with van der Waals surface area (Å²) in [6.07, 6.45) is 2.57. The third kappa shape index (κ3) is 3.00. The van der Waals surface area contributed by atoms with E-state index in [1.807, 2.05) is 6.92 Å². The summed E-state index contributed by atoms with van der Waals surface area (Å²) in [7, 11) is 0. The van der Waals surface area contributed by atoms with Crippen LogP contribution in [0.25, 0.3) is 0 Å². The fraction of sp³-hybridized carbons (Fsp3) is 0.333. The summed E-state index contributed by atoms with van der Waals surface area (Å²) in [5, 5.41) is 8.21. The topological polar surface area (TPSA) is 30.7 Å². The molecule has 3 nitrogen and oxygen atoms in total. The number of halogens is 3. The van der Waals surface area contributed by atoms with Crippen LogP contribution in [0.1, 0.15) is 30.0 Å². The maximum atomic E-state index is 12.9. The Morgan fingerprint density at radius 2 is 2.22 bits per heavy atom. The van der Waals surface area contributed by atoms with Gasteiger partial charge in [0.2, 0.25) is 0 Å². The van der Waals surface area contributed by atoms with E-state index >= 15 is 0 Å². The van der Waals surface area contributed by atoms with Crippen LogP contribution in [0.5, 0.6) is 0 Å². The van der Waals surface area contributed by atoms with E-state index in [4.69, 9.17) is 23.2 Å². The van der Waals surface area contributed by atoms with Crippen molar-refractivity contribution in [1.29, 1.82) is 0 Å². The molecule has 0 fully saturated rings. The average Bonchev–Trinajstić information content (AvgIpc) is 2.80. The Bertz CT molecular complexity index is 542. The van der Waals surface area contributed by atoms with Gasteiger partial charge in [0.05, 0.1) is 18.1 Å². The highest BCUT2D eigenvalue weighted by Crippen LogP contribution is 2.22. The van der Waals surface area contributed by atoms with Crippen molar-refractivity contribution in [3.05, 3.63) is 46.5 Å². The van der Waals surface area contributed by atoms with Gasteiger partial charge in [-0.2, -0.15) is 0 Å². The van der Waals surface area contributed by atoms with Crippen LogP contribution in [0, 0.1) is 5.82 Å². The highest BCUT2D eigenvalue weighted by atomic mass is 35.5. The van der Waals surface area contributed by atoms with E-state index in [0.717, 1.165) is 17.7 Å². The molecule has 0 N–H and O–H groups in total. The molecule has 18 heavy (non-hydrogen) atoms. The molecule has 0 radical (unpaired) electrons. The smallest absolute Gasteiger partial charge is 0.124 e. The van der Waals surface area contributed by atoms with Gasteiger partial charge in [0.15, 0.2) is 0 Å². The minimum Gasteiger partial charge on any atom is -0.248 e. The molecule has 0 saturated carbocycles. The van der Waals surface area contributed by atoms with Crippen molar-refractivity contribution in [3.63, 3.8) is 0 Å². The van der Waals surface area contributed by atoms with E-state index in [9.17, 15) is 4.39 Å². The molecular weight excluding hydrogens is 276 g/mol. The average molecular weight is 288 g/mol. The Labute approximate surface area is 115 Å². The highest BCUT2D eigenvalue weighted by Gasteiger charge is 2.11. The zero-order valence-electron chi connectivity index (χ0n) is 9.78. The molecule has 2 aromatic rings. The zero-order chi connectivity index (χ0) is 13.1. The number of hydrogen-bond acceptors (Lipinski definition) is 2. The van der Waals surface area contributed by atoms with Crippen molar-refractivity contribution in [1.82, 2.24) is 15.0 Å². The summed E-state index contributed by atoms with van der Waals surface area (Å²) in [5.41, 5.74) is 1.52. The van der Waals surface area contributed by atoms with Crippen LogP contribution in [0.15, 0.2) is 24.4 Å². The van der Waals surface area contributed by atoms with Gasteiger partial charge >= 0.3 is 0 Å². The van der Waals surface area contributed by atoms with Crippen LogP contribution in [-0.4, -0.2) is 15.0 Å². The normalized spacial score (nSPS) is 12.7. The zero-order valence-corrected chi connectivity index (χ0v) is 11.3. The lowest BCUT2D eigenvalue weighted by Gasteiger charge is -2.04. The lowest BCUT2D eigenvalue weighted by molar-refractivity contribution is 0.621. The SMILES string of the molecule is CCC(Cl)c1cn(Cc2ccc(F)cc2Cl)nn1. The monoisotopic (exact) mass is 287 g/mol. The maximum Gasteiger partial charge on any atom is 0.124 e. The van der Waals surface area contributed by atoms with Gasteiger partial charge in [0, 0.05) is 5.02 Å². The van der Waals surface area contributed by atoms with E-state index in [1.54, 1.807) is 16.9 Å². The van der Waals surface area contributed by atoms with Crippen LogP contribution in [-0.2, 0) is 6.54 Å². The van der Waals surface area contributed by atoms with E-state index in [0.29, 0.717) is 11.6 Å². The van der Waals surface area contributed by atoms with E-state index in [2.05, 4.69) is 10.3 Å². The number of benzene rings is 1. The van der Waals surface area contributed by atoms with Crippen molar-refractivity contribution < 1.29 is 4.39 Å². The minimum atomic E-state index is -0.352. The van der Waals surface area contributed by atoms with Crippen molar-refractivity contribution in [2.75, 3.05) is 0 Å². The van der Waals surface area contributed by atoms with Crippen LogP contribution >= 0.6 is 23.2 Å². The fourth-order valence-electron chi connectivity index (χ4n) is 1.57. The molecule has 0 aliphatic heterocycles. The second kappa shape index (κ2) is 5.67. The molecule has 0 saturated heterocycles. The summed E-state index contributed by atoms with van der Waals surface area (Å²) in [4.78, 5) is 0. The van der Waals surface area contributed by atoms with E-state index in [-0.39, 0.29) is 11.2 Å². The molecule has 0 bridgehead atoms. The Hall–Kier alpha value is -1.13. The van der Waals surface area contributed by atoms with Crippen LogP contribution in [0.4, 0.5) is 4.39 Å². The maximum absolute atomic E-state index is 12.9. The van der Waals surface area contributed by atoms with E-state index < -0.39 is 0 Å². The van der Waals surface area contributed by atoms with Gasteiger partial charge in [-0.05, 0) is 24.1 Å².